The van der Waals surface area contributed by atoms with Gasteiger partial charge in [0.15, 0.2) is 0 Å². The summed E-state index contributed by atoms with van der Waals surface area (Å²) in [6, 6.07) is 0.227. The van der Waals surface area contributed by atoms with Gasteiger partial charge in [-0.2, -0.15) is 0 Å². The summed E-state index contributed by atoms with van der Waals surface area (Å²) < 4.78 is 1.76. The van der Waals surface area contributed by atoms with E-state index in [0.29, 0.717) is 11.4 Å². The zero-order chi connectivity index (χ0) is 14.2. The lowest BCUT2D eigenvalue weighted by Crippen LogP contribution is -2.30. The zero-order valence-electron chi connectivity index (χ0n) is 11.8. The molecule has 1 aromatic heterocycles. The lowest BCUT2D eigenvalue weighted by Gasteiger charge is -2.22. The Bertz CT molecular complexity index is 590. The average molecular weight is 258 g/mol. The third-order valence-corrected chi connectivity index (χ3v) is 4.07. The molecule has 3 nitrogen and oxygen atoms in total. The average Bonchev–Trinajstić information content (AvgIpc) is 2.82. The molecule has 0 amide bonds. The van der Waals surface area contributed by atoms with Gasteiger partial charge in [-0.3, -0.25) is 9.36 Å². The van der Waals surface area contributed by atoms with Crippen LogP contribution in [0.1, 0.15) is 55.3 Å². The summed E-state index contributed by atoms with van der Waals surface area (Å²) in [4.78, 5) is 12.7. The van der Waals surface area contributed by atoms with Gasteiger partial charge in [-0.05, 0) is 37.8 Å². The van der Waals surface area contributed by atoms with E-state index in [0.717, 1.165) is 42.4 Å². The van der Waals surface area contributed by atoms with Gasteiger partial charge >= 0.3 is 0 Å². The Labute approximate surface area is 114 Å². The number of rotatable bonds is 3. The van der Waals surface area contributed by atoms with Gasteiger partial charge in [0.05, 0.1) is 0 Å². The first-order valence-corrected chi connectivity index (χ1v) is 6.82. The monoisotopic (exact) mass is 258 g/mol. The van der Waals surface area contributed by atoms with Gasteiger partial charge in [0.25, 0.3) is 5.56 Å². The molecule has 102 valence electrons. The fourth-order valence-corrected chi connectivity index (χ4v) is 3.13. The quantitative estimate of drug-likeness (QED) is 0.901. The molecule has 0 aromatic carbocycles. The summed E-state index contributed by atoms with van der Waals surface area (Å²) in [6.45, 7) is 11.5. The molecule has 1 saturated carbocycles. The van der Waals surface area contributed by atoms with Crippen LogP contribution in [0.5, 0.6) is 0 Å². The van der Waals surface area contributed by atoms with Crippen molar-refractivity contribution in [1.29, 1.82) is 0 Å². The van der Waals surface area contributed by atoms with E-state index in [2.05, 4.69) is 13.2 Å². The molecule has 0 spiro atoms. The highest BCUT2D eigenvalue weighted by atomic mass is 16.1. The maximum absolute atomic E-state index is 12.7. The van der Waals surface area contributed by atoms with E-state index in [4.69, 9.17) is 5.73 Å². The van der Waals surface area contributed by atoms with Gasteiger partial charge in [-0.1, -0.05) is 32.1 Å². The van der Waals surface area contributed by atoms with Gasteiger partial charge in [-0.15, -0.1) is 0 Å². The van der Waals surface area contributed by atoms with Gasteiger partial charge in [0.1, 0.15) is 5.82 Å². The van der Waals surface area contributed by atoms with Gasteiger partial charge < -0.3 is 5.73 Å². The third-order valence-electron chi connectivity index (χ3n) is 4.07. The molecule has 0 aliphatic heterocycles. The SMILES string of the molecule is C=Cc1c(C)c(C(=C)C)c(=O)n(C2CCCC2)c1N. The van der Waals surface area contributed by atoms with Gasteiger partial charge in [0, 0.05) is 17.2 Å². The number of allylic oxidation sites excluding steroid dienone is 1. The Kier molecular flexibility index (Phi) is 3.65. The molecule has 1 heterocycles. The first-order valence-electron chi connectivity index (χ1n) is 6.82. The van der Waals surface area contributed by atoms with E-state index in [9.17, 15) is 4.79 Å². The normalized spacial score (nSPS) is 15.7. The Balaban J connectivity index is 2.79. The number of aromatic nitrogens is 1. The van der Waals surface area contributed by atoms with Crippen LogP contribution in [0.2, 0.25) is 0 Å². The van der Waals surface area contributed by atoms with Crippen molar-refractivity contribution in [3.63, 3.8) is 0 Å². The summed E-state index contributed by atoms with van der Waals surface area (Å²) in [5.41, 5.74) is 9.44. The van der Waals surface area contributed by atoms with Crippen LogP contribution >= 0.6 is 0 Å². The van der Waals surface area contributed by atoms with Crippen molar-refractivity contribution in [2.45, 2.75) is 45.6 Å². The van der Waals surface area contributed by atoms with Crippen LogP contribution in [0.3, 0.4) is 0 Å². The summed E-state index contributed by atoms with van der Waals surface area (Å²) >= 11 is 0. The van der Waals surface area contributed by atoms with Crippen LogP contribution < -0.4 is 11.3 Å². The smallest absolute Gasteiger partial charge is 0.260 e. The van der Waals surface area contributed by atoms with Gasteiger partial charge in [-0.25, -0.2) is 0 Å². The Morgan fingerprint density at radius 2 is 2.00 bits per heavy atom. The van der Waals surface area contributed by atoms with Crippen molar-refractivity contribution in [3.8, 4) is 0 Å². The number of nitrogens with two attached hydrogens (primary N) is 1. The van der Waals surface area contributed by atoms with Crippen LogP contribution in [0.4, 0.5) is 5.82 Å². The predicted molar refractivity (Wildman–Crippen MR) is 82.2 cm³/mol. The molecular formula is C16H22N2O. The van der Waals surface area contributed by atoms with E-state index < -0.39 is 0 Å². The van der Waals surface area contributed by atoms with E-state index in [1.807, 2.05) is 13.8 Å². The van der Waals surface area contributed by atoms with Crippen molar-refractivity contribution >= 4 is 17.5 Å². The molecule has 3 heteroatoms. The molecule has 2 N–H and O–H groups in total. The summed E-state index contributed by atoms with van der Waals surface area (Å²) in [6.07, 6.45) is 6.12. The Hall–Kier alpha value is -1.77. The molecule has 1 aliphatic carbocycles. The van der Waals surface area contributed by atoms with Crippen LogP contribution in [-0.4, -0.2) is 4.57 Å². The van der Waals surface area contributed by atoms with Crippen LogP contribution in [0, 0.1) is 6.92 Å². The lowest BCUT2D eigenvalue weighted by atomic mass is 9.99. The molecule has 19 heavy (non-hydrogen) atoms. The number of nitrogen functional groups attached to an aromatic ring is 1. The van der Waals surface area contributed by atoms with E-state index >= 15 is 0 Å². The fraction of sp³-hybridized carbons (Fsp3) is 0.438. The topological polar surface area (TPSA) is 48.0 Å². The van der Waals surface area contributed by atoms with Crippen LogP contribution in [-0.2, 0) is 0 Å². The molecular weight excluding hydrogens is 236 g/mol. The third kappa shape index (κ3) is 2.14. The van der Waals surface area contributed by atoms with Crippen LogP contribution in [0.15, 0.2) is 18.0 Å². The van der Waals surface area contributed by atoms with Crippen molar-refractivity contribution in [2.75, 3.05) is 5.73 Å². The second-order valence-electron chi connectivity index (χ2n) is 5.40. The number of hydrogen-bond acceptors (Lipinski definition) is 2. The van der Waals surface area contributed by atoms with Gasteiger partial charge in [0.2, 0.25) is 0 Å². The molecule has 1 fully saturated rings. The molecule has 0 unspecified atom stereocenters. The zero-order valence-corrected chi connectivity index (χ0v) is 11.8. The minimum atomic E-state index is 0.000000000000000222. The highest BCUT2D eigenvalue weighted by Crippen LogP contribution is 2.33. The van der Waals surface area contributed by atoms with Crippen LogP contribution in [0.25, 0.3) is 11.6 Å². The summed E-state index contributed by atoms with van der Waals surface area (Å²) in [5, 5.41) is 0. The first-order chi connectivity index (χ1) is 8.99. The highest BCUT2D eigenvalue weighted by molar-refractivity contribution is 5.73. The second-order valence-corrected chi connectivity index (χ2v) is 5.40. The minimum Gasteiger partial charge on any atom is -0.385 e. The molecule has 0 atom stereocenters. The highest BCUT2D eigenvalue weighted by Gasteiger charge is 2.24. The molecule has 1 aliphatic rings. The standard InChI is InChI=1S/C16H22N2O/c1-5-13-11(4)14(10(2)3)16(19)18(15(13)17)12-8-6-7-9-12/h5,12H,1-2,6-9,17H2,3-4H3. The number of nitrogens with zero attached hydrogens (tertiary/aromatic N) is 1. The number of hydrogen-bond donors (Lipinski definition) is 1. The maximum Gasteiger partial charge on any atom is 0.260 e. The van der Waals surface area contributed by atoms with E-state index in [1.54, 1.807) is 10.6 Å². The Morgan fingerprint density at radius 1 is 1.42 bits per heavy atom. The largest absolute Gasteiger partial charge is 0.385 e. The molecule has 2 rings (SSSR count). The molecule has 0 bridgehead atoms. The summed E-state index contributed by atoms with van der Waals surface area (Å²) in [5.74, 6) is 0.550. The maximum atomic E-state index is 12.7. The van der Waals surface area contributed by atoms with E-state index in [-0.39, 0.29) is 11.6 Å². The van der Waals surface area contributed by atoms with Crippen molar-refractivity contribution in [1.82, 2.24) is 4.57 Å². The van der Waals surface area contributed by atoms with Crippen molar-refractivity contribution in [3.05, 3.63) is 40.2 Å². The molecule has 0 radical (unpaired) electrons. The first kappa shape index (κ1) is 13.7. The lowest BCUT2D eigenvalue weighted by molar-refractivity contribution is 0.508. The number of pyridine rings is 1. The Morgan fingerprint density at radius 3 is 2.47 bits per heavy atom. The summed E-state index contributed by atoms with van der Waals surface area (Å²) in [7, 11) is 0. The fourth-order valence-electron chi connectivity index (χ4n) is 3.13. The second kappa shape index (κ2) is 5.08. The minimum absolute atomic E-state index is 0.000000000000000222. The molecule has 1 aromatic rings. The van der Waals surface area contributed by atoms with Crippen molar-refractivity contribution < 1.29 is 0 Å². The number of anilines is 1. The predicted octanol–water partition coefficient (Wildman–Crippen LogP) is 3.53. The van der Waals surface area contributed by atoms with Crippen molar-refractivity contribution in [2.24, 2.45) is 0 Å². The molecule has 0 saturated heterocycles. The van der Waals surface area contributed by atoms with E-state index in [1.165, 1.54) is 0 Å².